The van der Waals surface area contributed by atoms with Gasteiger partial charge in [0.25, 0.3) is 5.56 Å². The Hall–Kier alpha value is -1.94. The zero-order valence-electron chi connectivity index (χ0n) is 13.9. The van der Waals surface area contributed by atoms with Crippen LogP contribution >= 0.6 is 0 Å². The molecule has 0 aliphatic rings. The second kappa shape index (κ2) is 6.05. The molecule has 0 bridgehead atoms. The van der Waals surface area contributed by atoms with E-state index in [1.54, 1.807) is 6.07 Å². The van der Waals surface area contributed by atoms with Crippen LogP contribution in [-0.2, 0) is 12.0 Å². The lowest BCUT2D eigenvalue weighted by molar-refractivity contribution is 0.154. The topological polar surface area (TPSA) is 55.1 Å². The van der Waals surface area contributed by atoms with Gasteiger partial charge in [-0.1, -0.05) is 50.1 Å². The van der Waals surface area contributed by atoms with E-state index in [1.807, 2.05) is 46.8 Å². The Bertz CT molecular complexity index is 706. The summed E-state index contributed by atoms with van der Waals surface area (Å²) in [5, 5.41) is 10.4. The molecule has 0 amide bonds. The first-order valence-corrected chi connectivity index (χ1v) is 7.50. The van der Waals surface area contributed by atoms with Crippen molar-refractivity contribution in [2.75, 3.05) is 0 Å². The standard InChI is InChI=1S/C18H24N2O2/c1-12-6-13(2)8-14(7-12)15(21)10-20-11-19-16(9-17(20)22)18(3,4)5/h6-9,11,15,21H,10H2,1-5H3. The quantitative estimate of drug-likeness (QED) is 0.948. The minimum atomic E-state index is -0.724. The van der Waals surface area contributed by atoms with Crippen molar-refractivity contribution in [1.82, 2.24) is 9.55 Å². The maximum Gasteiger partial charge on any atom is 0.253 e. The fourth-order valence-corrected chi connectivity index (χ4v) is 2.47. The summed E-state index contributed by atoms with van der Waals surface area (Å²) in [6.07, 6.45) is 0.799. The van der Waals surface area contributed by atoms with Crippen LogP contribution in [0.25, 0.3) is 0 Å². The van der Waals surface area contributed by atoms with Crippen molar-refractivity contribution in [2.45, 2.75) is 52.7 Å². The third kappa shape index (κ3) is 3.83. The van der Waals surface area contributed by atoms with Gasteiger partial charge in [-0.3, -0.25) is 9.36 Å². The number of aromatic nitrogens is 2. The molecule has 0 spiro atoms. The summed E-state index contributed by atoms with van der Waals surface area (Å²) in [7, 11) is 0. The van der Waals surface area contributed by atoms with Gasteiger partial charge >= 0.3 is 0 Å². The number of benzene rings is 1. The van der Waals surface area contributed by atoms with E-state index >= 15 is 0 Å². The molecule has 1 aromatic carbocycles. The van der Waals surface area contributed by atoms with Crippen LogP contribution < -0.4 is 5.56 Å². The van der Waals surface area contributed by atoms with E-state index in [1.165, 1.54) is 10.9 Å². The number of hydrogen-bond donors (Lipinski definition) is 1. The number of rotatable bonds is 3. The van der Waals surface area contributed by atoms with Gasteiger partial charge in [0.15, 0.2) is 0 Å². The van der Waals surface area contributed by atoms with Crippen LogP contribution in [0.5, 0.6) is 0 Å². The van der Waals surface area contributed by atoms with Crippen molar-refractivity contribution in [3.8, 4) is 0 Å². The minimum absolute atomic E-state index is 0.136. The number of hydrogen-bond acceptors (Lipinski definition) is 3. The van der Waals surface area contributed by atoms with E-state index in [0.29, 0.717) is 0 Å². The summed E-state index contributed by atoms with van der Waals surface area (Å²) in [4.78, 5) is 16.5. The van der Waals surface area contributed by atoms with Crippen LogP contribution in [0, 0.1) is 13.8 Å². The summed E-state index contributed by atoms with van der Waals surface area (Å²) < 4.78 is 1.46. The molecule has 0 saturated heterocycles. The molecule has 1 aromatic heterocycles. The first kappa shape index (κ1) is 16.4. The summed E-state index contributed by atoms with van der Waals surface area (Å²) in [5.74, 6) is 0. The average molecular weight is 300 g/mol. The van der Waals surface area contributed by atoms with Gasteiger partial charge in [-0.2, -0.15) is 0 Å². The van der Waals surface area contributed by atoms with Crippen molar-refractivity contribution in [2.24, 2.45) is 0 Å². The highest BCUT2D eigenvalue weighted by Crippen LogP contribution is 2.19. The molecule has 4 nitrogen and oxygen atoms in total. The highest BCUT2D eigenvalue weighted by Gasteiger charge is 2.17. The van der Waals surface area contributed by atoms with Gasteiger partial charge in [0.2, 0.25) is 0 Å². The van der Waals surface area contributed by atoms with Gasteiger partial charge in [0, 0.05) is 11.5 Å². The minimum Gasteiger partial charge on any atom is -0.387 e. The van der Waals surface area contributed by atoms with Gasteiger partial charge in [-0.25, -0.2) is 4.98 Å². The molecule has 2 rings (SSSR count). The zero-order chi connectivity index (χ0) is 16.5. The third-order valence-electron chi connectivity index (χ3n) is 3.65. The van der Waals surface area contributed by atoms with Gasteiger partial charge < -0.3 is 5.11 Å². The van der Waals surface area contributed by atoms with Gasteiger partial charge in [-0.05, 0) is 19.4 Å². The van der Waals surface area contributed by atoms with E-state index in [-0.39, 0.29) is 17.5 Å². The molecular formula is C18H24N2O2. The molecule has 1 atom stereocenters. The van der Waals surface area contributed by atoms with Crippen LogP contribution in [-0.4, -0.2) is 14.7 Å². The van der Waals surface area contributed by atoms with E-state index in [9.17, 15) is 9.90 Å². The van der Waals surface area contributed by atoms with Crippen molar-refractivity contribution >= 4 is 0 Å². The van der Waals surface area contributed by atoms with Crippen LogP contribution in [0.3, 0.4) is 0 Å². The van der Waals surface area contributed by atoms with Crippen LogP contribution in [0.4, 0.5) is 0 Å². The lowest BCUT2D eigenvalue weighted by Gasteiger charge is -2.19. The summed E-state index contributed by atoms with van der Waals surface area (Å²) in [6, 6.07) is 7.50. The smallest absolute Gasteiger partial charge is 0.253 e. The molecule has 1 heterocycles. The van der Waals surface area contributed by atoms with Crippen LogP contribution in [0.1, 0.15) is 49.3 Å². The number of nitrogens with zero attached hydrogens (tertiary/aromatic N) is 2. The highest BCUT2D eigenvalue weighted by atomic mass is 16.3. The average Bonchev–Trinajstić information content (AvgIpc) is 2.38. The lowest BCUT2D eigenvalue weighted by atomic mass is 9.92. The normalized spacial score (nSPS) is 13.2. The molecule has 0 fully saturated rings. The van der Waals surface area contributed by atoms with Crippen molar-refractivity contribution < 1.29 is 5.11 Å². The predicted molar refractivity (Wildman–Crippen MR) is 88.1 cm³/mol. The van der Waals surface area contributed by atoms with Crippen LogP contribution in [0.15, 0.2) is 35.4 Å². The molecule has 1 unspecified atom stereocenters. The Balaban J connectivity index is 2.25. The van der Waals surface area contributed by atoms with E-state index < -0.39 is 6.10 Å². The van der Waals surface area contributed by atoms with Crippen molar-refractivity contribution in [1.29, 1.82) is 0 Å². The fraction of sp³-hybridized carbons (Fsp3) is 0.444. The van der Waals surface area contributed by atoms with E-state index in [0.717, 1.165) is 22.4 Å². The number of aryl methyl sites for hydroxylation is 2. The molecule has 118 valence electrons. The molecule has 0 saturated carbocycles. The molecule has 0 aliphatic heterocycles. The van der Waals surface area contributed by atoms with E-state index in [4.69, 9.17) is 0 Å². The maximum absolute atomic E-state index is 12.2. The largest absolute Gasteiger partial charge is 0.387 e. The Morgan fingerprint density at radius 3 is 2.23 bits per heavy atom. The molecule has 4 heteroatoms. The third-order valence-corrected chi connectivity index (χ3v) is 3.65. The molecule has 2 aromatic rings. The molecule has 0 aliphatic carbocycles. The first-order chi connectivity index (χ1) is 10.2. The first-order valence-electron chi connectivity index (χ1n) is 7.50. The Morgan fingerprint density at radius 2 is 1.73 bits per heavy atom. The van der Waals surface area contributed by atoms with Gasteiger partial charge in [-0.15, -0.1) is 0 Å². The predicted octanol–water partition coefficient (Wildman–Crippen LogP) is 2.89. The van der Waals surface area contributed by atoms with E-state index in [2.05, 4.69) is 11.1 Å². The Labute approximate surface area is 131 Å². The molecule has 1 N–H and O–H groups in total. The SMILES string of the molecule is Cc1cc(C)cc(C(O)Cn2cnc(C(C)(C)C)cc2=O)c1. The summed E-state index contributed by atoms with van der Waals surface area (Å²) >= 11 is 0. The second-order valence-corrected chi connectivity index (χ2v) is 6.95. The van der Waals surface area contributed by atoms with Crippen molar-refractivity contribution in [3.05, 3.63) is 63.3 Å². The Kier molecular flexibility index (Phi) is 4.52. The maximum atomic E-state index is 12.2. The number of aliphatic hydroxyl groups excluding tert-OH is 1. The Morgan fingerprint density at radius 1 is 1.14 bits per heavy atom. The summed E-state index contributed by atoms with van der Waals surface area (Å²) in [6.45, 7) is 10.2. The molecule has 0 radical (unpaired) electrons. The lowest BCUT2D eigenvalue weighted by Crippen LogP contribution is -2.26. The fourth-order valence-electron chi connectivity index (χ4n) is 2.47. The zero-order valence-corrected chi connectivity index (χ0v) is 13.9. The van der Waals surface area contributed by atoms with Crippen LogP contribution in [0.2, 0.25) is 0 Å². The van der Waals surface area contributed by atoms with Gasteiger partial charge in [0.05, 0.1) is 24.7 Å². The molecule has 22 heavy (non-hydrogen) atoms. The summed E-state index contributed by atoms with van der Waals surface area (Å²) in [5.41, 5.74) is 3.48. The highest BCUT2D eigenvalue weighted by molar-refractivity contribution is 5.29. The monoisotopic (exact) mass is 300 g/mol. The number of aliphatic hydroxyl groups is 1. The van der Waals surface area contributed by atoms with Crippen molar-refractivity contribution in [3.63, 3.8) is 0 Å². The molecular weight excluding hydrogens is 276 g/mol. The van der Waals surface area contributed by atoms with Gasteiger partial charge in [0.1, 0.15) is 0 Å². The second-order valence-electron chi connectivity index (χ2n) is 6.95.